The minimum Gasteiger partial charge on any atom is -0.369 e. The lowest BCUT2D eigenvalue weighted by molar-refractivity contribution is 0.312. The molecule has 1 aliphatic heterocycles. The van der Waals surface area contributed by atoms with E-state index >= 15 is 0 Å². The highest BCUT2D eigenvalue weighted by molar-refractivity contribution is 7.10. The lowest BCUT2D eigenvalue weighted by Crippen LogP contribution is -2.45. The van der Waals surface area contributed by atoms with Crippen molar-refractivity contribution in [1.29, 1.82) is 0 Å². The van der Waals surface area contributed by atoms with E-state index in [9.17, 15) is 0 Å². The molecule has 2 aromatic rings. The monoisotopic (exact) mass is 405 g/mol. The zero-order chi connectivity index (χ0) is 19.2. The molecule has 1 aliphatic rings. The summed E-state index contributed by atoms with van der Waals surface area (Å²) < 4.78 is 0. The summed E-state index contributed by atoms with van der Waals surface area (Å²) >= 11 is 8.30. The molecular formula is C20H28ClN5S. The zero-order valence-corrected chi connectivity index (χ0v) is 17.8. The molecule has 146 valence electrons. The fourth-order valence-corrected chi connectivity index (χ4v) is 4.22. The number of aliphatic imine (C=N–C) groups is 1. The van der Waals surface area contributed by atoms with Gasteiger partial charge in [0.05, 0.1) is 6.04 Å². The van der Waals surface area contributed by atoms with Gasteiger partial charge in [-0.15, -0.1) is 11.3 Å². The first-order valence-electron chi connectivity index (χ1n) is 9.30. The Morgan fingerprint density at radius 2 is 2.00 bits per heavy atom. The van der Waals surface area contributed by atoms with Crippen LogP contribution in [0.2, 0.25) is 5.02 Å². The summed E-state index contributed by atoms with van der Waals surface area (Å²) in [6.45, 7) is 6.96. The van der Waals surface area contributed by atoms with Gasteiger partial charge >= 0.3 is 0 Å². The van der Waals surface area contributed by atoms with Gasteiger partial charge in [-0.1, -0.05) is 23.7 Å². The Morgan fingerprint density at radius 1 is 1.22 bits per heavy atom. The molecule has 1 saturated heterocycles. The molecule has 7 heteroatoms. The van der Waals surface area contributed by atoms with Gasteiger partial charge in [-0.05, 0) is 37.6 Å². The van der Waals surface area contributed by atoms with Gasteiger partial charge < -0.3 is 20.4 Å². The second-order valence-corrected chi connectivity index (χ2v) is 8.22. The lowest BCUT2D eigenvalue weighted by atomic mass is 10.1. The Labute approximate surface area is 171 Å². The van der Waals surface area contributed by atoms with Crippen LogP contribution in [0.25, 0.3) is 0 Å². The summed E-state index contributed by atoms with van der Waals surface area (Å²) in [5.41, 5.74) is 2.33. The van der Waals surface area contributed by atoms with E-state index in [1.807, 2.05) is 12.1 Å². The third-order valence-electron chi connectivity index (χ3n) is 4.92. The van der Waals surface area contributed by atoms with Crippen molar-refractivity contribution in [3.63, 3.8) is 0 Å². The SMILES string of the molecule is CN=C(NCc1c(Cl)cccc1N1CCN(C)CC1)NC(C)c1cccs1. The van der Waals surface area contributed by atoms with Gasteiger partial charge in [-0.3, -0.25) is 4.99 Å². The normalized spacial score (nSPS) is 17.0. The second kappa shape index (κ2) is 9.44. The number of nitrogens with one attached hydrogen (secondary N) is 2. The molecular weight excluding hydrogens is 378 g/mol. The summed E-state index contributed by atoms with van der Waals surface area (Å²) in [7, 11) is 3.96. The van der Waals surface area contributed by atoms with Crippen LogP contribution in [-0.4, -0.2) is 51.1 Å². The van der Waals surface area contributed by atoms with Crippen molar-refractivity contribution in [2.45, 2.75) is 19.5 Å². The second-order valence-electron chi connectivity index (χ2n) is 6.84. The van der Waals surface area contributed by atoms with Gasteiger partial charge in [-0.2, -0.15) is 0 Å². The Morgan fingerprint density at radius 3 is 2.67 bits per heavy atom. The van der Waals surface area contributed by atoms with E-state index in [1.165, 1.54) is 10.6 Å². The number of rotatable bonds is 5. The quantitative estimate of drug-likeness (QED) is 0.589. The maximum Gasteiger partial charge on any atom is 0.191 e. The number of hydrogen-bond donors (Lipinski definition) is 2. The molecule has 1 atom stereocenters. The number of piperazine rings is 1. The van der Waals surface area contributed by atoms with Crippen molar-refractivity contribution in [3.8, 4) is 0 Å². The molecule has 1 unspecified atom stereocenters. The molecule has 0 saturated carbocycles. The van der Waals surface area contributed by atoms with Crippen molar-refractivity contribution in [3.05, 3.63) is 51.2 Å². The number of guanidine groups is 1. The number of thiophene rings is 1. The minimum absolute atomic E-state index is 0.208. The topological polar surface area (TPSA) is 42.9 Å². The molecule has 2 heterocycles. The molecule has 0 bridgehead atoms. The van der Waals surface area contributed by atoms with Crippen LogP contribution in [0.4, 0.5) is 5.69 Å². The van der Waals surface area contributed by atoms with Gasteiger partial charge in [0, 0.05) is 60.9 Å². The Balaban J connectivity index is 1.67. The molecule has 5 nitrogen and oxygen atoms in total. The van der Waals surface area contributed by atoms with Gasteiger partial charge in [0.25, 0.3) is 0 Å². The zero-order valence-electron chi connectivity index (χ0n) is 16.2. The first kappa shape index (κ1) is 20.0. The fraction of sp³-hybridized carbons (Fsp3) is 0.450. The third kappa shape index (κ3) is 5.15. The van der Waals surface area contributed by atoms with Crippen LogP contribution in [0.5, 0.6) is 0 Å². The van der Waals surface area contributed by atoms with Crippen LogP contribution in [0.3, 0.4) is 0 Å². The van der Waals surface area contributed by atoms with Crippen molar-refractivity contribution >= 4 is 34.6 Å². The fourth-order valence-electron chi connectivity index (χ4n) is 3.25. The largest absolute Gasteiger partial charge is 0.369 e. The van der Waals surface area contributed by atoms with Crippen LogP contribution in [0, 0.1) is 0 Å². The number of likely N-dealkylation sites (N-methyl/N-ethyl adjacent to an activating group) is 1. The number of halogens is 1. The standard InChI is InChI=1S/C20H28ClN5S/c1-15(19-8-5-13-27-19)24-20(22-2)23-14-16-17(21)6-4-7-18(16)26-11-9-25(3)10-12-26/h4-8,13,15H,9-12,14H2,1-3H3,(H2,22,23,24). The van der Waals surface area contributed by atoms with Crippen molar-refractivity contribution < 1.29 is 0 Å². The first-order valence-corrected chi connectivity index (χ1v) is 10.6. The summed E-state index contributed by atoms with van der Waals surface area (Å²) in [5, 5.41) is 9.76. The molecule has 2 N–H and O–H groups in total. The summed E-state index contributed by atoms with van der Waals surface area (Å²) in [5.74, 6) is 0.778. The van der Waals surface area contributed by atoms with Gasteiger partial charge in [-0.25, -0.2) is 0 Å². The van der Waals surface area contributed by atoms with E-state index in [0.29, 0.717) is 6.54 Å². The van der Waals surface area contributed by atoms with Crippen molar-refractivity contribution in [1.82, 2.24) is 15.5 Å². The van der Waals surface area contributed by atoms with Gasteiger partial charge in [0.15, 0.2) is 5.96 Å². The number of hydrogen-bond acceptors (Lipinski definition) is 4. The maximum absolute atomic E-state index is 6.56. The van der Waals surface area contributed by atoms with Crippen LogP contribution in [0.15, 0.2) is 40.7 Å². The summed E-state index contributed by atoms with van der Waals surface area (Å²) in [6, 6.07) is 10.6. The Hall–Kier alpha value is -1.76. The average molecular weight is 406 g/mol. The van der Waals surface area contributed by atoms with Crippen molar-refractivity contribution in [2.75, 3.05) is 45.2 Å². The van der Waals surface area contributed by atoms with Crippen LogP contribution < -0.4 is 15.5 Å². The average Bonchev–Trinajstić information content (AvgIpc) is 3.21. The van der Waals surface area contributed by atoms with E-state index in [1.54, 1.807) is 18.4 Å². The molecule has 1 fully saturated rings. The van der Waals surface area contributed by atoms with Crippen LogP contribution in [-0.2, 0) is 6.54 Å². The van der Waals surface area contributed by atoms with E-state index in [-0.39, 0.29) is 6.04 Å². The highest BCUT2D eigenvalue weighted by atomic mass is 35.5. The maximum atomic E-state index is 6.56. The van der Waals surface area contributed by atoms with Crippen LogP contribution in [0.1, 0.15) is 23.4 Å². The highest BCUT2D eigenvalue weighted by Gasteiger charge is 2.19. The summed E-state index contributed by atoms with van der Waals surface area (Å²) in [4.78, 5) is 10.4. The highest BCUT2D eigenvalue weighted by Crippen LogP contribution is 2.28. The Bertz CT molecular complexity index is 754. The molecule has 3 rings (SSSR count). The van der Waals surface area contributed by atoms with E-state index < -0.39 is 0 Å². The van der Waals surface area contributed by atoms with E-state index in [2.05, 4.69) is 63.0 Å². The molecule has 1 aromatic heterocycles. The Kier molecular flexibility index (Phi) is 6.99. The van der Waals surface area contributed by atoms with E-state index in [4.69, 9.17) is 11.6 Å². The van der Waals surface area contributed by atoms with Gasteiger partial charge in [0.2, 0.25) is 0 Å². The number of benzene rings is 1. The van der Waals surface area contributed by atoms with Gasteiger partial charge in [0.1, 0.15) is 0 Å². The lowest BCUT2D eigenvalue weighted by Gasteiger charge is -2.35. The summed E-state index contributed by atoms with van der Waals surface area (Å²) in [6.07, 6.45) is 0. The smallest absolute Gasteiger partial charge is 0.191 e. The van der Waals surface area contributed by atoms with Crippen LogP contribution >= 0.6 is 22.9 Å². The molecule has 0 aliphatic carbocycles. The molecule has 27 heavy (non-hydrogen) atoms. The number of anilines is 1. The minimum atomic E-state index is 0.208. The number of nitrogens with zero attached hydrogens (tertiary/aromatic N) is 3. The third-order valence-corrected chi connectivity index (χ3v) is 6.33. The van der Waals surface area contributed by atoms with E-state index in [0.717, 1.165) is 42.7 Å². The van der Waals surface area contributed by atoms with Crippen molar-refractivity contribution in [2.24, 2.45) is 4.99 Å². The molecule has 0 radical (unpaired) electrons. The molecule has 0 spiro atoms. The molecule has 0 amide bonds. The molecule has 1 aromatic carbocycles. The first-order chi connectivity index (χ1) is 13.1. The predicted octanol–water partition coefficient (Wildman–Crippen LogP) is 3.58. The predicted molar refractivity (Wildman–Crippen MR) is 117 cm³/mol.